The Labute approximate surface area is 78.2 Å². The first-order valence-electron chi connectivity index (χ1n) is 4.14. The minimum atomic E-state index is 0.465. The fourth-order valence-electron chi connectivity index (χ4n) is 1.10. The lowest BCUT2D eigenvalue weighted by Gasteiger charge is -2.03. The summed E-state index contributed by atoms with van der Waals surface area (Å²) in [4.78, 5) is 1.45. The van der Waals surface area contributed by atoms with Gasteiger partial charge in [-0.25, -0.2) is 0 Å². The van der Waals surface area contributed by atoms with E-state index in [1.165, 1.54) is 4.88 Å². The van der Waals surface area contributed by atoms with Gasteiger partial charge in [-0.3, -0.25) is 0 Å². The van der Waals surface area contributed by atoms with Crippen molar-refractivity contribution in [1.82, 2.24) is 0 Å². The molecule has 0 amide bonds. The van der Waals surface area contributed by atoms with Gasteiger partial charge in [-0.1, -0.05) is 18.2 Å². The van der Waals surface area contributed by atoms with E-state index in [0.717, 1.165) is 12.8 Å². The zero-order chi connectivity index (χ0) is 8.81. The molecule has 0 aromatic carbocycles. The van der Waals surface area contributed by atoms with E-state index >= 15 is 0 Å². The molecule has 0 bridgehead atoms. The van der Waals surface area contributed by atoms with Crippen LogP contribution in [0.5, 0.6) is 0 Å². The topological polar surface area (TPSA) is 0 Å². The lowest BCUT2D eigenvalue weighted by atomic mass is 10.0. The second-order valence-electron chi connectivity index (χ2n) is 2.75. The monoisotopic (exact) mass is 178 g/mol. The van der Waals surface area contributed by atoms with Gasteiger partial charge in [0, 0.05) is 4.88 Å². The lowest BCUT2D eigenvalue weighted by Crippen LogP contribution is -1.92. The number of hydrogen-bond donors (Lipinski definition) is 0. The summed E-state index contributed by atoms with van der Waals surface area (Å²) in [5.74, 6) is 0.465. The summed E-state index contributed by atoms with van der Waals surface area (Å²) < 4.78 is 0. The molecule has 64 valence electrons. The molecule has 1 aromatic heterocycles. The Kier molecular flexibility index (Phi) is 3.81. The van der Waals surface area contributed by atoms with Gasteiger partial charge in [-0.05, 0) is 30.2 Å². The molecule has 1 heterocycles. The number of hydrogen-bond acceptors (Lipinski definition) is 1. The highest BCUT2D eigenvalue weighted by Gasteiger charge is 1.99. The summed E-state index contributed by atoms with van der Waals surface area (Å²) in [7, 11) is 0. The third kappa shape index (κ3) is 2.67. The van der Waals surface area contributed by atoms with Gasteiger partial charge in [-0.2, -0.15) is 0 Å². The maximum atomic E-state index is 3.76. The van der Waals surface area contributed by atoms with Crippen molar-refractivity contribution in [3.8, 4) is 0 Å². The molecule has 0 aliphatic rings. The van der Waals surface area contributed by atoms with E-state index in [1.807, 2.05) is 23.5 Å². The second kappa shape index (κ2) is 4.94. The molecule has 1 aromatic rings. The highest BCUT2D eigenvalue weighted by molar-refractivity contribution is 7.09. The summed E-state index contributed by atoms with van der Waals surface area (Å²) in [6.07, 6.45) is 6.19. The summed E-state index contributed by atoms with van der Waals surface area (Å²) in [6, 6.07) is 4.27. The Bertz CT molecular complexity index is 226. The van der Waals surface area contributed by atoms with Crippen LogP contribution < -0.4 is 0 Å². The summed E-state index contributed by atoms with van der Waals surface area (Å²) in [6.45, 7) is 7.53. The lowest BCUT2D eigenvalue weighted by molar-refractivity contribution is 0.717. The van der Waals surface area contributed by atoms with Crippen molar-refractivity contribution in [2.75, 3.05) is 0 Å². The third-order valence-corrected chi connectivity index (χ3v) is 2.85. The highest BCUT2D eigenvalue weighted by atomic mass is 32.1. The predicted molar refractivity (Wildman–Crippen MR) is 56.5 cm³/mol. The van der Waals surface area contributed by atoms with Crippen LogP contribution in [0.2, 0.25) is 0 Å². The minimum absolute atomic E-state index is 0.465. The van der Waals surface area contributed by atoms with E-state index in [4.69, 9.17) is 0 Å². The Morgan fingerprint density at radius 2 is 2.17 bits per heavy atom. The molecule has 0 saturated carbocycles. The molecule has 1 heteroatoms. The van der Waals surface area contributed by atoms with Gasteiger partial charge in [0.05, 0.1) is 0 Å². The largest absolute Gasteiger partial charge is 0.149 e. The van der Waals surface area contributed by atoms with Crippen molar-refractivity contribution in [1.29, 1.82) is 0 Å². The minimum Gasteiger partial charge on any atom is -0.149 e. The van der Waals surface area contributed by atoms with Crippen molar-refractivity contribution in [2.24, 2.45) is 5.92 Å². The maximum absolute atomic E-state index is 3.76. The third-order valence-electron chi connectivity index (χ3n) is 1.91. The summed E-state index contributed by atoms with van der Waals surface area (Å²) in [5, 5.41) is 2.12. The first-order chi connectivity index (χ1) is 5.86. The molecule has 1 rings (SSSR count). The fourth-order valence-corrected chi connectivity index (χ4v) is 1.82. The van der Waals surface area contributed by atoms with Crippen molar-refractivity contribution in [2.45, 2.75) is 12.8 Å². The molecule has 0 radical (unpaired) electrons. The molecule has 0 spiro atoms. The standard InChI is InChI=1S/C11H14S/c1-3-10(4-2)7-8-11-6-5-9-12-11/h3-6,9-10H,1-2,7-8H2. The quantitative estimate of drug-likeness (QED) is 0.603. The van der Waals surface area contributed by atoms with E-state index in [9.17, 15) is 0 Å². The van der Waals surface area contributed by atoms with E-state index in [-0.39, 0.29) is 0 Å². The van der Waals surface area contributed by atoms with Crippen LogP contribution in [0.3, 0.4) is 0 Å². The second-order valence-corrected chi connectivity index (χ2v) is 3.79. The molecule has 0 unspecified atom stereocenters. The molecular weight excluding hydrogens is 164 g/mol. The van der Waals surface area contributed by atoms with Gasteiger partial charge in [0.1, 0.15) is 0 Å². The zero-order valence-electron chi connectivity index (χ0n) is 7.20. The SMILES string of the molecule is C=CC(C=C)CCc1cccs1. The van der Waals surface area contributed by atoms with Gasteiger partial charge < -0.3 is 0 Å². The van der Waals surface area contributed by atoms with Crippen LogP contribution in [0.1, 0.15) is 11.3 Å². The Hall–Kier alpha value is -0.820. The molecule has 0 fully saturated rings. The molecule has 0 saturated heterocycles. The van der Waals surface area contributed by atoms with Crippen LogP contribution in [0.25, 0.3) is 0 Å². The highest BCUT2D eigenvalue weighted by Crippen LogP contribution is 2.15. The van der Waals surface area contributed by atoms with Gasteiger partial charge in [0.15, 0.2) is 0 Å². The van der Waals surface area contributed by atoms with E-state index in [1.54, 1.807) is 0 Å². The number of rotatable bonds is 5. The average molecular weight is 178 g/mol. The fraction of sp³-hybridized carbons (Fsp3) is 0.273. The van der Waals surface area contributed by atoms with Crippen molar-refractivity contribution in [3.63, 3.8) is 0 Å². The van der Waals surface area contributed by atoms with Crippen LogP contribution >= 0.6 is 11.3 Å². The van der Waals surface area contributed by atoms with E-state index in [0.29, 0.717) is 5.92 Å². The van der Waals surface area contributed by atoms with Crippen molar-refractivity contribution < 1.29 is 0 Å². The molecule has 0 aliphatic carbocycles. The van der Waals surface area contributed by atoms with Crippen LogP contribution in [0, 0.1) is 5.92 Å². The van der Waals surface area contributed by atoms with Crippen molar-refractivity contribution >= 4 is 11.3 Å². The molecular formula is C11H14S. The first kappa shape index (κ1) is 9.27. The van der Waals surface area contributed by atoms with Crippen LogP contribution in [0.4, 0.5) is 0 Å². The Morgan fingerprint density at radius 3 is 2.67 bits per heavy atom. The smallest absolute Gasteiger partial charge is 0.00455 e. The first-order valence-corrected chi connectivity index (χ1v) is 5.02. The van der Waals surface area contributed by atoms with Gasteiger partial charge in [-0.15, -0.1) is 24.5 Å². The number of allylic oxidation sites excluding steroid dienone is 2. The van der Waals surface area contributed by atoms with Crippen LogP contribution in [-0.2, 0) is 6.42 Å². The average Bonchev–Trinajstić information content (AvgIpc) is 2.59. The molecule has 0 atom stereocenters. The Balaban J connectivity index is 2.34. The van der Waals surface area contributed by atoms with E-state index in [2.05, 4.69) is 30.7 Å². The molecule has 0 N–H and O–H groups in total. The summed E-state index contributed by atoms with van der Waals surface area (Å²) >= 11 is 1.82. The Morgan fingerprint density at radius 1 is 1.42 bits per heavy atom. The number of aryl methyl sites for hydroxylation is 1. The van der Waals surface area contributed by atoms with Gasteiger partial charge in [0.25, 0.3) is 0 Å². The zero-order valence-corrected chi connectivity index (χ0v) is 8.02. The summed E-state index contributed by atoms with van der Waals surface area (Å²) in [5.41, 5.74) is 0. The van der Waals surface area contributed by atoms with Gasteiger partial charge in [0.2, 0.25) is 0 Å². The van der Waals surface area contributed by atoms with Crippen LogP contribution in [0.15, 0.2) is 42.8 Å². The molecule has 0 aliphatic heterocycles. The molecule has 0 nitrogen and oxygen atoms in total. The maximum Gasteiger partial charge on any atom is 0.00455 e. The van der Waals surface area contributed by atoms with Crippen molar-refractivity contribution in [3.05, 3.63) is 47.7 Å². The van der Waals surface area contributed by atoms with Gasteiger partial charge >= 0.3 is 0 Å². The molecule has 12 heavy (non-hydrogen) atoms. The normalized spacial score (nSPS) is 10.1. The number of thiophene rings is 1. The predicted octanol–water partition coefficient (Wildman–Crippen LogP) is 3.67. The van der Waals surface area contributed by atoms with Crippen LogP contribution in [-0.4, -0.2) is 0 Å². The van der Waals surface area contributed by atoms with E-state index < -0.39 is 0 Å².